The first-order chi connectivity index (χ1) is 7.09. The molecular formula is C8H10BrN5O. The summed E-state index contributed by atoms with van der Waals surface area (Å²) in [5.41, 5.74) is 11.8. The van der Waals surface area contributed by atoms with Gasteiger partial charge in [-0.05, 0) is 0 Å². The van der Waals surface area contributed by atoms with Gasteiger partial charge in [0, 0.05) is 17.8 Å². The lowest BCUT2D eigenvalue weighted by atomic mass is 10.4. The molecule has 0 bridgehead atoms. The van der Waals surface area contributed by atoms with E-state index in [0.29, 0.717) is 18.7 Å². The van der Waals surface area contributed by atoms with Crippen LogP contribution in [0.2, 0.25) is 0 Å². The smallest absolute Gasteiger partial charge is 0.228 e. The number of nitrogen functional groups attached to an aromatic ring is 2. The Balaban J connectivity index is 2.41. The molecule has 1 aromatic heterocycles. The molecule has 0 aliphatic carbocycles. The number of carbonyl (C=O) groups is 1. The first kappa shape index (κ1) is 10.2. The second-order valence-electron chi connectivity index (χ2n) is 3.30. The molecule has 1 aliphatic heterocycles. The third kappa shape index (κ3) is 1.74. The fourth-order valence-corrected chi connectivity index (χ4v) is 2.13. The summed E-state index contributed by atoms with van der Waals surface area (Å²) in [5.74, 6) is 0.444. The molecule has 1 unspecified atom stereocenters. The van der Waals surface area contributed by atoms with Gasteiger partial charge in [0.15, 0.2) is 11.6 Å². The van der Waals surface area contributed by atoms with Crippen LogP contribution < -0.4 is 16.4 Å². The molecule has 15 heavy (non-hydrogen) atoms. The van der Waals surface area contributed by atoms with Crippen LogP contribution in [0.4, 0.5) is 17.3 Å². The molecule has 2 rings (SSSR count). The van der Waals surface area contributed by atoms with E-state index < -0.39 is 0 Å². The normalized spacial score (nSPS) is 21.0. The van der Waals surface area contributed by atoms with Crippen molar-refractivity contribution in [2.24, 2.45) is 0 Å². The van der Waals surface area contributed by atoms with Crippen LogP contribution in [0.3, 0.4) is 0 Å². The van der Waals surface area contributed by atoms with E-state index in [1.165, 1.54) is 11.2 Å². The number of rotatable bonds is 1. The summed E-state index contributed by atoms with van der Waals surface area (Å²) in [7, 11) is 0. The van der Waals surface area contributed by atoms with Crippen LogP contribution in [-0.2, 0) is 4.79 Å². The minimum atomic E-state index is -0.0231. The maximum atomic E-state index is 11.6. The van der Waals surface area contributed by atoms with Gasteiger partial charge in [-0.3, -0.25) is 4.79 Å². The highest BCUT2D eigenvalue weighted by molar-refractivity contribution is 9.09. The third-order valence-corrected chi connectivity index (χ3v) is 2.84. The van der Waals surface area contributed by atoms with E-state index in [4.69, 9.17) is 11.5 Å². The Hall–Kier alpha value is -1.37. The number of nitrogens with two attached hydrogens (primary N) is 2. The second kappa shape index (κ2) is 3.65. The molecule has 0 saturated carbocycles. The van der Waals surface area contributed by atoms with E-state index in [-0.39, 0.29) is 22.4 Å². The molecule has 2 heterocycles. The largest absolute Gasteiger partial charge is 0.382 e. The van der Waals surface area contributed by atoms with Gasteiger partial charge < -0.3 is 16.4 Å². The minimum absolute atomic E-state index is 0.0231. The summed E-state index contributed by atoms with van der Waals surface area (Å²) in [4.78, 5) is 20.9. The van der Waals surface area contributed by atoms with E-state index in [1.807, 2.05) is 0 Å². The predicted octanol–water partition coefficient (Wildman–Crippen LogP) is 0.141. The number of hydrogen-bond donors (Lipinski definition) is 2. The Morgan fingerprint density at radius 1 is 1.40 bits per heavy atom. The van der Waals surface area contributed by atoms with Gasteiger partial charge in [-0.15, -0.1) is 0 Å². The molecule has 0 spiro atoms. The van der Waals surface area contributed by atoms with Crippen LogP contribution in [-0.4, -0.2) is 27.2 Å². The molecule has 7 heteroatoms. The van der Waals surface area contributed by atoms with Gasteiger partial charge in [-0.25, -0.2) is 9.97 Å². The van der Waals surface area contributed by atoms with Gasteiger partial charge >= 0.3 is 0 Å². The SMILES string of the molecule is Nc1ncnc(N)c1N1CC(Br)CC1=O. The first-order valence-electron chi connectivity index (χ1n) is 4.40. The Kier molecular flexibility index (Phi) is 2.47. The van der Waals surface area contributed by atoms with Crippen molar-refractivity contribution in [3.05, 3.63) is 6.33 Å². The maximum Gasteiger partial charge on any atom is 0.228 e. The fourth-order valence-electron chi connectivity index (χ4n) is 1.56. The highest BCUT2D eigenvalue weighted by Crippen LogP contribution is 2.31. The van der Waals surface area contributed by atoms with E-state index in [1.54, 1.807) is 0 Å². The van der Waals surface area contributed by atoms with Gasteiger partial charge in [0.2, 0.25) is 5.91 Å². The standard InChI is InChI=1S/C8H10BrN5O/c9-4-1-5(15)14(2-4)6-7(10)12-3-13-8(6)11/h3-4H,1-2H2,(H4,10,11,12,13). The van der Waals surface area contributed by atoms with Crippen LogP contribution in [0.15, 0.2) is 6.33 Å². The quantitative estimate of drug-likeness (QED) is 0.708. The van der Waals surface area contributed by atoms with E-state index >= 15 is 0 Å². The van der Waals surface area contributed by atoms with Crippen molar-refractivity contribution in [3.8, 4) is 0 Å². The van der Waals surface area contributed by atoms with E-state index in [2.05, 4.69) is 25.9 Å². The average molecular weight is 272 g/mol. The van der Waals surface area contributed by atoms with Gasteiger partial charge in [-0.1, -0.05) is 15.9 Å². The molecule has 1 fully saturated rings. The Labute approximate surface area is 94.8 Å². The Morgan fingerprint density at radius 3 is 2.47 bits per heavy atom. The summed E-state index contributed by atoms with van der Waals surface area (Å²) in [6.45, 7) is 0.542. The number of amides is 1. The van der Waals surface area contributed by atoms with Crippen LogP contribution in [0.25, 0.3) is 0 Å². The monoisotopic (exact) mass is 271 g/mol. The molecule has 1 aliphatic rings. The van der Waals surface area contributed by atoms with Crippen LogP contribution in [0, 0.1) is 0 Å². The molecule has 0 aromatic carbocycles. The average Bonchev–Trinajstić information content (AvgIpc) is 2.45. The number of alkyl halides is 1. The van der Waals surface area contributed by atoms with Crippen LogP contribution in [0.1, 0.15) is 6.42 Å². The zero-order valence-electron chi connectivity index (χ0n) is 7.85. The van der Waals surface area contributed by atoms with Crippen molar-refractivity contribution < 1.29 is 4.79 Å². The van der Waals surface area contributed by atoms with Crippen molar-refractivity contribution in [2.75, 3.05) is 22.9 Å². The number of aromatic nitrogens is 2. The van der Waals surface area contributed by atoms with Crippen molar-refractivity contribution in [1.29, 1.82) is 0 Å². The van der Waals surface area contributed by atoms with Crippen LogP contribution >= 0.6 is 15.9 Å². The van der Waals surface area contributed by atoms with Crippen molar-refractivity contribution in [3.63, 3.8) is 0 Å². The van der Waals surface area contributed by atoms with Gasteiger partial charge in [-0.2, -0.15) is 0 Å². The Bertz CT molecular complexity index is 390. The highest BCUT2D eigenvalue weighted by atomic mass is 79.9. The highest BCUT2D eigenvalue weighted by Gasteiger charge is 2.31. The predicted molar refractivity (Wildman–Crippen MR) is 60.5 cm³/mol. The van der Waals surface area contributed by atoms with Gasteiger partial charge in [0.05, 0.1) is 0 Å². The van der Waals surface area contributed by atoms with Gasteiger partial charge in [0.25, 0.3) is 0 Å². The number of nitrogens with zero attached hydrogens (tertiary/aromatic N) is 3. The lowest BCUT2D eigenvalue weighted by Gasteiger charge is -2.18. The fraction of sp³-hybridized carbons (Fsp3) is 0.375. The maximum absolute atomic E-state index is 11.6. The molecule has 4 N–H and O–H groups in total. The number of carbonyl (C=O) groups excluding carboxylic acids is 1. The second-order valence-corrected chi connectivity index (χ2v) is 4.59. The Morgan fingerprint density at radius 2 is 2.00 bits per heavy atom. The number of hydrogen-bond acceptors (Lipinski definition) is 5. The van der Waals surface area contributed by atoms with Crippen molar-refractivity contribution in [1.82, 2.24) is 9.97 Å². The molecular weight excluding hydrogens is 262 g/mol. The molecule has 0 radical (unpaired) electrons. The number of anilines is 3. The van der Waals surface area contributed by atoms with Crippen molar-refractivity contribution >= 4 is 39.2 Å². The topological polar surface area (TPSA) is 98.1 Å². The third-order valence-electron chi connectivity index (χ3n) is 2.23. The van der Waals surface area contributed by atoms with E-state index in [9.17, 15) is 4.79 Å². The lowest BCUT2D eigenvalue weighted by molar-refractivity contribution is -0.117. The molecule has 1 atom stereocenters. The molecule has 6 nitrogen and oxygen atoms in total. The van der Waals surface area contributed by atoms with Crippen molar-refractivity contribution in [2.45, 2.75) is 11.2 Å². The van der Waals surface area contributed by atoms with Gasteiger partial charge in [0.1, 0.15) is 12.0 Å². The van der Waals surface area contributed by atoms with E-state index in [0.717, 1.165) is 0 Å². The zero-order valence-corrected chi connectivity index (χ0v) is 9.44. The summed E-state index contributed by atoms with van der Waals surface area (Å²) in [6, 6.07) is 0. The zero-order chi connectivity index (χ0) is 11.0. The molecule has 80 valence electrons. The minimum Gasteiger partial charge on any atom is -0.382 e. The number of halogens is 1. The summed E-state index contributed by atoms with van der Waals surface area (Å²) in [5, 5.41) is 0. The summed E-state index contributed by atoms with van der Waals surface area (Å²) >= 11 is 3.38. The summed E-state index contributed by atoms with van der Waals surface area (Å²) < 4.78 is 0. The van der Waals surface area contributed by atoms with Crippen LogP contribution in [0.5, 0.6) is 0 Å². The molecule has 1 saturated heterocycles. The summed E-state index contributed by atoms with van der Waals surface area (Å²) in [6.07, 6.45) is 1.72. The molecule has 1 aromatic rings. The lowest BCUT2D eigenvalue weighted by Crippen LogP contribution is -2.27. The molecule has 1 amide bonds. The first-order valence-corrected chi connectivity index (χ1v) is 5.31.